The predicted molar refractivity (Wildman–Crippen MR) is 111 cm³/mol. The number of nitrogens with zero attached hydrogens (tertiary/aromatic N) is 1. The average Bonchev–Trinajstić information content (AvgIpc) is 2.64. The fourth-order valence-corrected chi connectivity index (χ4v) is 3.17. The topological polar surface area (TPSA) is 49.4 Å². The van der Waals surface area contributed by atoms with Gasteiger partial charge in [0.1, 0.15) is 12.4 Å². The number of benzene rings is 2. The van der Waals surface area contributed by atoms with E-state index in [0.717, 1.165) is 22.4 Å². The molecule has 2 aromatic rings. The van der Waals surface area contributed by atoms with Crippen molar-refractivity contribution in [2.75, 3.05) is 11.4 Å². The summed E-state index contributed by atoms with van der Waals surface area (Å²) < 4.78 is 13.0. The third-order valence-corrected chi connectivity index (χ3v) is 4.70. The quantitative estimate of drug-likeness (QED) is 0.749. The first kappa shape index (κ1) is 21.6. The number of para-hydroxylation sites is 1. The lowest BCUT2D eigenvalue weighted by molar-refractivity contribution is -0.123. The maximum atomic E-state index is 13.0. The van der Waals surface area contributed by atoms with Gasteiger partial charge < -0.3 is 10.2 Å². The van der Waals surface area contributed by atoms with Crippen LogP contribution in [0.15, 0.2) is 42.5 Å². The van der Waals surface area contributed by atoms with Crippen LogP contribution in [-0.2, 0) is 16.1 Å². The standard InChI is InChI=1S/C23H29FN2O2/c1-15(2)20-7-6-8-21(16(3)4)23(20)26(17(5)27)14-22(28)25-13-18-9-11-19(24)12-10-18/h6-12,15-16H,13-14H2,1-5H3,(H,25,28). The zero-order chi connectivity index (χ0) is 20.8. The van der Waals surface area contributed by atoms with Crippen molar-refractivity contribution in [2.24, 2.45) is 0 Å². The van der Waals surface area contributed by atoms with Gasteiger partial charge in [-0.25, -0.2) is 4.39 Å². The molecule has 1 N–H and O–H groups in total. The van der Waals surface area contributed by atoms with Crippen LogP contribution in [0, 0.1) is 5.82 Å². The molecule has 150 valence electrons. The second-order valence-corrected chi connectivity index (χ2v) is 7.60. The van der Waals surface area contributed by atoms with Gasteiger partial charge in [0, 0.05) is 13.5 Å². The minimum Gasteiger partial charge on any atom is -0.350 e. The van der Waals surface area contributed by atoms with E-state index in [1.54, 1.807) is 17.0 Å². The molecule has 0 saturated heterocycles. The van der Waals surface area contributed by atoms with E-state index < -0.39 is 0 Å². The monoisotopic (exact) mass is 384 g/mol. The van der Waals surface area contributed by atoms with Crippen molar-refractivity contribution >= 4 is 17.5 Å². The predicted octanol–water partition coefficient (Wildman–Crippen LogP) is 4.74. The van der Waals surface area contributed by atoms with Crippen LogP contribution >= 0.6 is 0 Å². The molecule has 28 heavy (non-hydrogen) atoms. The molecule has 0 bridgehead atoms. The van der Waals surface area contributed by atoms with Crippen molar-refractivity contribution < 1.29 is 14.0 Å². The largest absolute Gasteiger partial charge is 0.350 e. The van der Waals surface area contributed by atoms with Gasteiger partial charge in [-0.05, 0) is 40.7 Å². The molecule has 0 saturated carbocycles. The van der Waals surface area contributed by atoms with E-state index in [2.05, 4.69) is 33.0 Å². The van der Waals surface area contributed by atoms with Crippen molar-refractivity contribution in [3.63, 3.8) is 0 Å². The third kappa shape index (κ3) is 5.41. The van der Waals surface area contributed by atoms with E-state index in [1.165, 1.54) is 19.1 Å². The maximum absolute atomic E-state index is 13.0. The van der Waals surface area contributed by atoms with E-state index in [-0.39, 0.29) is 42.6 Å². The van der Waals surface area contributed by atoms with E-state index in [0.29, 0.717) is 0 Å². The second kappa shape index (κ2) is 9.49. The Kier molecular flexibility index (Phi) is 7.32. The summed E-state index contributed by atoms with van der Waals surface area (Å²) in [6.45, 7) is 10.0. The Morgan fingerprint density at radius 1 is 0.964 bits per heavy atom. The van der Waals surface area contributed by atoms with Gasteiger partial charge >= 0.3 is 0 Å². The lowest BCUT2D eigenvalue weighted by atomic mass is 9.91. The number of anilines is 1. The van der Waals surface area contributed by atoms with Gasteiger partial charge in [-0.1, -0.05) is 58.0 Å². The molecule has 0 aliphatic heterocycles. The summed E-state index contributed by atoms with van der Waals surface area (Å²) in [6, 6.07) is 12.0. The zero-order valence-corrected chi connectivity index (χ0v) is 17.3. The number of amides is 2. The first-order valence-electron chi connectivity index (χ1n) is 9.62. The van der Waals surface area contributed by atoms with Crippen LogP contribution in [0.2, 0.25) is 0 Å². The molecule has 0 aliphatic carbocycles. The molecule has 2 rings (SSSR count). The Bertz CT molecular complexity index is 803. The van der Waals surface area contributed by atoms with Crippen molar-refractivity contribution in [2.45, 2.75) is 53.0 Å². The summed E-state index contributed by atoms with van der Waals surface area (Å²) in [6.07, 6.45) is 0. The van der Waals surface area contributed by atoms with Gasteiger partial charge in [-0.2, -0.15) is 0 Å². The summed E-state index contributed by atoms with van der Waals surface area (Å²) in [5.74, 6) is -0.306. The van der Waals surface area contributed by atoms with Gasteiger partial charge in [0.25, 0.3) is 0 Å². The molecule has 0 spiro atoms. The highest BCUT2D eigenvalue weighted by Crippen LogP contribution is 2.35. The highest BCUT2D eigenvalue weighted by molar-refractivity contribution is 5.99. The minimum atomic E-state index is -0.315. The van der Waals surface area contributed by atoms with Crippen LogP contribution in [0.1, 0.15) is 63.1 Å². The molecule has 0 aromatic heterocycles. The summed E-state index contributed by atoms with van der Waals surface area (Å²) in [5, 5.41) is 2.82. The Balaban J connectivity index is 2.24. The van der Waals surface area contributed by atoms with Crippen LogP contribution in [0.4, 0.5) is 10.1 Å². The zero-order valence-electron chi connectivity index (χ0n) is 17.3. The SMILES string of the molecule is CC(=O)N(CC(=O)NCc1ccc(F)cc1)c1c(C(C)C)cccc1C(C)C. The van der Waals surface area contributed by atoms with Crippen LogP contribution in [0.3, 0.4) is 0 Å². The van der Waals surface area contributed by atoms with Crippen molar-refractivity contribution in [3.8, 4) is 0 Å². The number of halogens is 1. The molecule has 5 heteroatoms. The average molecular weight is 384 g/mol. The molecular weight excluding hydrogens is 355 g/mol. The van der Waals surface area contributed by atoms with Gasteiger partial charge in [0.05, 0.1) is 5.69 Å². The minimum absolute atomic E-state index is 0.0556. The smallest absolute Gasteiger partial charge is 0.240 e. The highest BCUT2D eigenvalue weighted by Gasteiger charge is 2.24. The Labute approximate surface area is 166 Å². The fourth-order valence-electron chi connectivity index (χ4n) is 3.17. The summed E-state index contributed by atoms with van der Waals surface area (Å²) >= 11 is 0. The van der Waals surface area contributed by atoms with E-state index in [1.807, 2.05) is 18.2 Å². The molecule has 0 aliphatic rings. The van der Waals surface area contributed by atoms with Gasteiger partial charge in [0.15, 0.2) is 0 Å². The highest BCUT2D eigenvalue weighted by atomic mass is 19.1. The number of nitrogens with one attached hydrogen (secondary N) is 1. The van der Waals surface area contributed by atoms with E-state index in [9.17, 15) is 14.0 Å². The molecular formula is C23H29FN2O2. The molecule has 0 unspecified atom stereocenters. The summed E-state index contributed by atoms with van der Waals surface area (Å²) in [4.78, 5) is 26.6. The van der Waals surface area contributed by atoms with E-state index in [4.69, 9.17) is 0 Å². The first-order chi connectivity index (χ1) is 13.2. The molecule has 2 amide bonds. The maximum Gasteiger partial charge on any atom is 0.240 e. The molecule has 0 atom stereocenters. The number of carbonyl (C=O) groups excluding carboxylic acids is 2. The van der Waals surface area contributed by atoms with Gasteiger partial charge in [-0.15, -0.1) is 0 Å². The number of carbonyl (C=O) groups is 2. The third-order valence-electron chi connectivity index (χ3n) is 4.70. The second-order valence-electron chi connectivity index (χ2n) is 7.60. The van der Waals surface area contributed by atoms with Gasteiger partial charge in [-0.3, -0.25) is 9.59 Å². The Hall–Kier alpha value is -2.69. The number of hydrogen-bond donors (Lipinski definition) is 1. The lowest BCUT2D eigenvalue weighted by Gasteiger charge is -2.29. The van der Waals surface area contributed by atoms with Crippen LogP contribution < -0.4 is 10.2 Å². The molecule has 0 heterocycles. The van der Waals surface area contributed by atoms with Crippen LogP contribution in [0.5, 0.6) is 0 Å². The fraction of sp³-hybridized carbons (Fsp3) is 0.391. The number of rotatable bonds is 7. The van der Waals surface area contributed by atoms with Crippen molar-refractivity contribution in [1.29, 1.82) is 0 Å². The molecule has 4 nitrogen and oxygen atoms in total. The Morgan fingerprint density at radius 3 is 1.96 bits per heavy atom. The van der Waals surface area contributed by atoms with Crippen molar-refractivity contribution in [1.82, 2.24) is 5.32 Å². The molecule has 0 radical (unpaired) electrons. The van der Waals surface area contributed by atoms with Crippen LogP contribution in [0.25, 0.3) is 0 Å². The lowest BCUT2D eigenvalue weighted by Crippen LogP contribution is -2.40. The first-order valence-corrected chi connectivity index (χ1v) is 9.62. The van der Waals surface area contributed by atoms with E-state index >= 15 is 0 Å². The summed E-state index contributed by atoms with van der Waals surface area (Å²) in [5.41, 5.74) is 3.73. The Morgan fingerprint density at radius 2 is 1.50 bits per heavy atom. The molecule has 2 aromatic carbocycles. The van der Waals surface area contributed by atoms with Gasteiger partial charge in [0.2, 0.25) is 11.8 Å². The number of hydrogen-bond acceptors (Lipinski definition) is 2. The van der Waals surface area contributed by atoms with Crippen LogP contribution in [-0.4, -0.2) is 18.4 Å². The van der Waals surface area contributed by atoms with Crippen molar-refractivity contribution in [3.05, 3.63) is 65.0 Å². The molecule has 0 fully saturated rings. The normalized spacial score (nSPS) is 11.0. The summed E-state index contributed by atoms with van der Waals surface area (Å²) in [7, 11) is 0.